The molecule has 0 aliphatic heterocycles. The van der Waals surface area contributed by atoms with E-state index in [0.29, 0.717) is 0 Å². The number of para-hydroxylation sites is 2. The van der Waals surface area contributed by atoms with Crippen LogP contribution in [0.3, 0.4) is 0 Å². The first-order valence-corrected chi connectivity index (χ1v) is 7.44. The lowest BCUT2D eigenvalue weighted by molar-refractivity contribution is 0.803. The number of imidazole rings is 1. The second kappa shape index (κ2) is 4.87. The van der Waals surface area contributed by atoms with Crippen LogP contribution < -0.4 is 5.32 Å². The highest BCUT2D eigenvalue weighted by atomic mass is 15.4. The van der Waals surface area contributed by atoms with Gasteiger partial charge in [0.2, 0.25) is 11.7 Å². The van der Waals surface area contributed by atoms with E-state index in [9.17, 15) is 0 Å². The fourth-order valence-corrected chi connectivity index (χ4v) is 2.82. The van der Waals surface area contributed by atoms with Gasteiger partial charge in [-0.1, -0.05) is 29.8 Å². The summed E-state index contributed by atoms with van der Waals surface area (Å²) >= 11 is 0. The molecule has 22 heavy (non-hydrogen) atoms. The van der Waals surface area contributed by atoms with Gasteiger partial charge in [0.1, 0.15) is 0 Å². The number of aromatic nitrogens is 4. The molecule has 0 fully saturated rings. The Hall–Kier alpha value is -2.82. The molecule has 0 saturated heterocycles. The van der Waals surface area contributed by atoms with Crippen molar-refractivity contribution in [3.63, 3.8) is 0 Å². The molecular formula is C17H17N5. The molecule has 1 N–H and O–H groups in total. The first kappa shape index (κ1) is 12.9. The molecule has 0 atom stereocenters. The van der Waals surface area contributed by atoms with E-state index in [1.54, 1.807) is 0 Å². The third kappa shape index (κ3) is 1.86. The van der Waals surface area contributed by atoms with Crippen molar-refractivity contribution >= 4 is 28.4 Å². The summed E-state index contributed by atoms with van der Waals surface area (Å²) in [6.45, 7) is 5.06. The molecule has 0 saturated carbocycles. The highest BCUT2D eigenvalue weighted by Crippen LogP contribution is 2.24. The van der Waals surface area contributed by atoms with Gasteiger partial charge in [0.15, 0.2) is 0 Å². The molecule has 0 radical (unpaired) electrons. The van der Waals surface area contributed by atoms with Crippen LogP contribution in [-0.2, 0) is 6.54 Å². The largest absolute Gasteiger partial charge is 0.324 e. The second-order valence-electron chi connectivity index (χ2n) is 5.38. The number of hydrogen-bond acceptors (Lipinski definition) is 3. The fourth-order valence-electron chi connectivity index (χ4n) is 2.82. The number of nitrogens with zero attached hydrogens (tertiary/aromatic N) is 4. The molecule has 5 nitrogen and oxygen atoms in total. The Morgan fingerprint density at radius 1 is 0.955 bits per heavy atom. The molecular weight excluding hydrogens is 274 g/mol. The normalized spacial score (nSPS) is 11.4. The zero-order chi connectivity index (χ0) is 15.1. The Bertz CT molecular complexity index is 946. The van der Waals surface area contributed by atoms with Gasteiger partial charge >= 0.3 is 0 Å². The summed E-state index contributed by atoms with van der Waals surface area (Å²) in [6.07, 6.45) is 0. The van der Waals surface area contributed by atoms with Crippen molar-refractivity contribution in [3.8, 4) is 0 Å². The minimum Gasteiger partial charge on any atom is -0.324 e. The predicted molar refractivity (Wildman–Crippen MR) is 88.6 cm³/mol. The number of anilines is 2. The molecule has 0 spiro atoms. The minimum atomic E-state index is 0.738. The topological polar surface area (TPSA) is 47.1 Å². The van der Waals surface area contributed by atoms with Crippen molar-refractivity contribution in [2.45, 2.75) is 20.4 Å². The first-order valence-electron chi connectivity index (χ1n) is 7.44. The van der Waals surface area contributed by atoms with Crippen molar-refractivity contribution in [2.75, 3.05) is 5.32 Å². The highest BCUT2D eigenvalue weighted by molar-refractivity contribution is 5.82. The van der Waals surface area contributed by atoms with Crippen LogP contribution in [0.1, 0.15) is 12.5 Å². The molecule has 5 heteroatoms. The Morgan fingerprint density at radius 3 is 2.41 bits per heavy atom. The zero-order valence-corrected chi connectivity index (χ0v) is 12.6. The number of hydrogen-bond donors (Lipinski definition) is 1. The predicted octanol–water partition coefficient (Wildman–Crippen LogP) is 3.76. The third-order valence-corrected chi connectivity index (χ3v) is 3.92. The summed E-state index contributed by atoms with van der Waals surface area (Å²) in [4.78, 5) is 0. The molecule has 2 heterocycles. The van der Waals surface area contributed by atoms with Crippen molar-refractivity contribution in [3.05, 3.63) is 54.1 Å². The quantitative estimate of drug-likeness (QED) is 0.625. The Balaban J connectivity index is 1.90. The molecule has 0 aliphatic rings. The van der Waals surface area contributed by atoms with Gasteiger partial charge in [0, 0.05) is 12.2 Å². The molecule has 0 unspecified atom stereocenters. The van der Waals surface area contributed by atoms with Crippen LogP contribution in [0.4, 0.5) is 11.6 Å². The standard InChI is InChI=1S/C17H17N5/c1-3-21-14-6-4-5-7-15(14)22-16(19-20-17(21)22)18-13-10-8-12(2)9-11-13/h4-11H,3H2,1-2H3,(H,18,19). The van der Waals surface area contributed by atoms with Gasteiger partial charge < -0.3 is 9.88 Å². The van der Waals surface area contributed by atoms with E-state index in [4.69, 9.17) is 0 Å². The van der Waals surface area contributed by atoms with Crippen LogP contribution in [0.15, 0.2) is 48.5 Å². The Kier molecular flexibility index (Phi) is 2.85. The number of fused-ring (bicyclic) bond motifs is 3. The van der Waals surface area contributed by atoms with E-state index in [-0.39, 0.29) is 0 Å². The molecule has 4 rings (SSSR count). The van der Waals surface area contributed by atoms with Crippen molar-refractivity contribution in [2.24, 2.45) is 0 Å². The van der Waals surface area contributed by atoms with Crippen LogP contribution >= 0.6 is 0 Å². The molecule has 4 aromatic rings. The van der Waals surface area contributed by atoms with Gasteiger partial charge in [-0.25, -0.2) is 4.40 Å². The first-order chi connectivity index (χ1) is 10.8. The van der Waals surface area contributed by atoms with Gasteiger partial charge in [0.05, 0.1) is 11.0 Å². The zero-order valence-electron chi connectivity index (χ0n) is 12.6. The van der Waals surface area contributed by atoms with Crippen molar-refractivity contribution < 1.29 is 0 Å². The maximum absolute atomic E-state index is 4.35. The number of nitrogens with one attached hydrogen (secondary N) is 1. The summed E-state index contributed by atoms with van der Waals surface area (Å²) in [5.41, 5.74) is 4.52. The molecule has 110 valence electrons. The van der Waals surface area contributed by atoms with E-state index in [0.717, 1.165) is 29.5 Å². The molecule has 0 amide bonds. The van der Waals surface area contributed by atoms with Crippen LogP contribution in [-0.4, -0.2) is 19.2 Å². The number of aryl methyl sites for hydroxylation is 2. The maximum atomic E-state index is 4.35. The van der Waals surface area contributed by atoms with Crippen LogP contribution in [0.25, 0.3) is 16.8 Å². The smallest absolute Gasteiger partial charge is 0.238 e. The van der Waals surface area contributed by atoms with E-state index >= 15 is 0 Å². The molecule has 0 bridgehead atoms. The lowest BCUT2D eigenvalue weighted by atomic mass is 10.2. The van der Waals surface area contributed by atoms with Crippen LogP contribution in [0, 0.1) is 6.92 Å². The minimum absolute atomic E-state index is 0.738. The van der Waals surface area contributed by atoms with E-state index < -0.39 is 0 Å². The van der Waals surface area contributed by atoms with E-state index in [2.05, 4.69) is 80.8 Å². The molecule has 2 aromatic carbocycles. The van der Waals surface area contributed by atoms with Crippen molar-refractivity contribution in [1.82, 2.24) is 19.2 Å². The average Bonchev–Trinajstić information content (AvgIpc) is 3.08. The number of benzene rings is 2. The SMILES string of the molecule is CCn1c2ccccc2n2c(Nc3ccc(C)cc3)nnc12. The van der Waals surface area contributed by atoms with Crippen molar-refractivity contribution in [1.29, 1.82) is 0 Å². The molecule has 2 aromatic heterocycles. The van der Waals surface area contributed by atoms with Gasteiger partial charge in [-0.05, 0) is 38.1 Å². The van der Waals surface area contributed by atoms with Crippen LogP contribution in [0.2, 0.25) is 0 Å². The van der Waals surface area contributed by atoms with Crippen LogP contribution in [0.5, 0.6) is 0 Å². The highest BCUT2D eigenvalue weighted by Gasteiger charge is 2.15. The maximum Gasteiger partial charge on any atom is 0.238 e. The summed E-state index contributed by atoms with van der Waals surface area (Å²) < 4.78 is 4.24. The lowest BCUT2D eigenvalue weighted by Gasteiger charge is -2.04. The van der Waals surface area contributed by atoms with E-state index in [1.165, 1.54) is 11.1 Å². The average molecular weight is 291 g/mol. The lowest BCUT2D eigenvalue weighted by Crippen LogP contribution is -1.96. The Morgan fingerprint density at radius 2 is 1.68 bits per heavy atom. The van der Waals surface area contributed by atoms with Gasteiger partial charge in [-0.3, -0.25) is 0 Å². The van der Waals surface area contributed by atoms with E-state index in [1.807, 2.05) is 6.07 Å². The van der Waals surface area contributed by atoms with Gasteiger partial charge in [-0.15, -0.1) is 10.2 Å². The fraction of sp³-hybridized carbons (Fsp3) is 0.176. The third-order valence-electron chi connectivity index (χ3n) is 3.92. The summed E-state index contributed by atoms with van der Waals surface area (Å²) in [5, 5.41) is 12.0. The van der Waals surface area contributed by atoms with Gasteiger partial charge in [0.25, 0.3) is 0 Å². The summed E-state index contributed by atoms with van der Waals surface area (Å²) in [7, 11) is 0. The summed E-state index contributed by atoms with van der Waals surface area (Å²) in [5.74, 6) is 1.60. The van der Waals surface area contributed by atoms with Gasteiger partial charge in [-0.2, -0.15) is 0 Å². The summed E-state index contributed by atoms with van der Waals surface area (Å²) in [6, 6.07) is 16.6. The number of rotatable bonds is 3. The molecule has 0 aliphatic carbocycles. The monoisotopic (exact) mass is 291 g/mol. The Labute approximate surface area is 128 Å². The second-order valence-corrected chi connectivity index (χ2v) is 5.38.